The van der Waals surface area contributed by atoms with Crippen LogP contribution in [0.15, 0.2) is 45.4 Å². The largest absolute Gasteiger partial charge is 0.333 e. The predicted octanol–water partition coefficient (Wildman–Crippen LogP) is 6.00. The van der Waals surface area contributed by atoms with Crippen LogP contribution in [-0.2, 0) is 4.79 Å². The Labute approximate surface area is 184 Å². The number of aromatic nitrogens is 3. The topological polar surface area (TPSA) is 70.7 Å². The van der Waals surface area contributed by atoms with Crippen molar-refractivity contribution in [1.82, 2.24) is 15.0 Å². The molecule has 0 aliphatic rings. The number of aromatic amines is 1. The van der Waals surface area contributed by atoms with E-state index in [9.17, 15) is 4.79 Å². The second-order valence-electron chi connectivity index (χ2n) is 7.17. The molecule has 0 radical (unpaired) electrons. The third-order valence-corrected chi connectivity index (χ3v) is 6.67. The number of pyridine rings is 1. The smallest absolute Gasteiger partial charge is 0.234 e. The summed E-state index contributed by atoms with van der Waals surface area (Å²) in [6, 6.07) is 9.91. The monoisotopic (exact) mass is 446 g/mol. The highest BCUT2D eigenvalue weighted by Gasteiger charge is 2.18. The molecule has 0 bridgehead atoms. The Morgan fingerprint density at radius 3 is 2.52 bits per heavy atom. The molecule has 2 heterocycles. The SMILES string of the molecule is Cc1cc(SC(C)C)c(NC(=O)CSc2nc3ccccc3[nH]2)c(SC(C)C)n1. The lowest BCUT2D eigenvalue weighted by molar-refractivity contribution is -0.113. The van der Waals surface area contributed by atoms with Gasteiger partial charge in [-0.05, 0) is 25.1 Å². The third-order valence-electron chi connectivity index (χ3n) is 3.76. The second-order valence-corrected chi connectivity index (χ2v) is 11.3. The molecule has 0 aliphatic heterocycles. The number of carbonyl (C=O) groups excluding carboxylic acids is 1. The van der Waals surface area contributed by atoms with Crippen molar-refractivity contribution in [2.45, 2.75) is 60.2 Å². The van der Waals surface area contributed by atoms with E-state index < -0.39 is 0 Å². The fourth-order valence-corrected chi connectivity index (χ4v) is 5.38. The molecule has 2 N–H and O–H groups in total. The standard InChI is InChI=1S/C21H26N4OS3/c1-12(2)28-17-10-14(5)22-20(29-13(3)4)19(17)25-18(26)11-27-21-23-15-8-6-7-9-16(15)24-21/h6-10,12-13H,11H2,1-5H3,(H,23,24)(H,25,26). The first-order valence-corrected chi connectivity index (χ1v) is 12.3. The second kappa shape index (κ2) is 9.91. The van der Waals surface area contributed by atoms with E-state index in [1.165, 1.54) is 11.8 Å². The summed E-state index contributed by atoms with van der Waals surface area (Å²) in [5.74, 6) is 0.225. The van der Waals surface area contributed by atoms with E-state index in [1.807, 2.05) is 31.2 Å². The molecule has 0 spiro atoms. The highest BCUT2D eigenvalue weighted by Crippen LogP contribution is 2.38. The quantitative estimate of drug-likeness (QED) is 0.414. The number of imidazole rings is 1. The number of hydrogen-bond donors (Lipinski definition) is 2. The van der Waals surface area contributed by atoms with Gasteiger partial charge in [0.15, 0.2) is 5.16 Å². The van der Waals surface area contributed by atoms with Gasteiger partial charge in [-0.1, -0.05) is 51.6 Å². The summed E-state index contributed by atoms with van der Waals surface area (Å²) in [6.45, 7) is 10.6. The van der Waals surface area contributed by atoms with Crippen LogP contribution in [0.2, 0.25) is 0 Å². The van der Waals surface area contributed by atoms with E-state index in [2.05, 4.69) is 49.0 Å². The number of benzene rings is 1. The van der Waals surface area contributed by atoms with Gasteiger partial charge in [-0.15, -0.1) is 23.5 Å². The molecule has 5 nitrogen and oxygen atoms in total. The molecule has 8 heteroatoms. The Kier molecular flexibility index (Phi) is 7.54. The van der Waals surface area contributed by atoms with Crippen LogP contribution in [0.25, 0.3) is 11.0 Å². The number of nitrogens with zero attached hydrogens (tertiary/aromatic N) is 2. The number of para-hydroxylation sites is 2. The summed E-state index contributed by atoms with van der Waals surface area (Å²) < 4.78 is 0. The summed E-state index contributed by atoms with van der Waals surface area (Å²) in [7, 11) is 0. The van der Waals surface area contributed by atoms with Crippen molar-refractivity contribution in [2.24, 2.45) is 0 Å². The van der Waals surface area contributed by atoms with Gasteiger partial charge in [0.2, 0.25) is 5.91 Å². The van der Waals surface area contributed by atoms with Gasteiger partial charge in [-0.3, -0.25) is 4.79 Å². The Balaban J connectivity index is 1.76. The number of thioether (sulfide) groups is 3. The third kappa shape index (κ3) is 6.17. The summed E-state index contributed by atoms with van der Waals surface area (Å²) in [4.78, 5) is 26.3. The maximum atomic E-state index is 12.7. The lowest BCUT2D eigenvalue weighted by atomic mass is 10.3. The van der Waals surface area contributed by atoms with Crippen molar-refractivity contribution < 1.29 is 4.79 Å². The Hall–Kier alpha value is -1.64. The highest BCUT2D eigenvalue weighted by molar-refractivity contribution is 8.01. The summed E-state index contributed by atoms with van der Waals surface area (Å²) in [5, 5.41) is 5.53. The molecular weight excluding hydrogens is 420 g/mol. The van der Waals surface area contributed by atoms with Crippen molar-refractivity contribution in [3.05, 3.63) is 36.0 Å². The molecule has 0 saturated carbocycles. The number of carbonyl (C=O) groups is 1. The minimum absolute atomic E-state index is 0.0580. The average molecular weight is 447 g/mol. The van der Waals surface area contributed by atoms with E-state index in [0.29, 0.717) is 10.5 Å². The zero-order chi connectivity index (χ0) is 21.0. The minimum Gasteiger partial charge on any atom is -0.333 e. The number of hydrogen-bond acceptors (Lipinski definition) is 6. The normalized spacial score (nSPS) is 11.6. The van der Waals surface area contributed by atoms with E-state index in [-0.39, 0.29) is 11.7 Å². The van der Waals surface area contributed by atoms with Gasteiger partial charge < -0.3 is 10.3 Å². The summed E-state index contributed by atoms with van der Waals surface area (Å²) in [5.41, 5.74) is 3.67. The first kappa shape index (κ1) is 22.1. The molecule has 3 rings (SSSR count). The van der Waals surface area contributed by atoms with Crippen LogP contribution in [0, 0.1) is 6.92 Å². The molecule has 3 aromatic rings. The van der Waals surface area contributed by atoms with Crippen molar-refractivity contribution >= 4 is 57.9 Å². The fourth-order valence-electron chi connectivity index (χ4n) is 2.69. The van der Waals surface area contributed by atoms with E-state index >= 15 is 0 Å². The Bertz CT molecular complexity index is 937. The number of aryl methyl sites for hydroxylation is 1. The predicted molar refractivity (Wildman–Crippen MR) is 126 cm³/mol. The van der Waals surface area contributed by atoms with Gasteiger partial charge in [0, 0.05) is 21.1 Å². The number of nitrogens with one attached hydrogen (secondary N) is 2. The molecular formula is C21H26N4OS3. The zero-order valence-corrected chi connectivity index (χ0v) is 19.7. The Morgan fingerprint density at radius 1 is 1.10 bits per heavy atom. The van der Waals surface area contributed by atoms with Gasteiger partial charge >= 0.3 is 0 Å². The van der Waals surface area contributed by atoms with Crippen LogP contribution in [-0.4, -0.2) is 37.1 Å². The molecule has 29 heavy (non-hydrogen) atoms. The average Bonchev–Trinajstić information content (AvgIpc) is 3.05. The van der Waals surface area contributed by atoms with Crippen LogP contribution in [0.5, 0.6) is 0 Å². The molecule has 0 saturated heterocycles. The number of amides is 1. The minimum atomic E-state index is -0.0580. The molecule has 154 valence electrons. The molecule has 1 amide bonds. The van der Waals surface area contributed by atoms with Crippen LogP contribution >= 0.6 is 35.3 Å². The lowest BCUT2D eigenvalue weighted by Gasteiger charge is -2.17. The molecule has 0 fully saturated rings. The number of fused-ring (bicyclic) bond motifs is 1. The number of anilines is 1. The van der Waals surface area contributed by atoms with Crippen LogP contribution in [0.4, 0.5) is 5.69 Å². The summed E-state index contributed by atoms with van der Waals surface area (Å²) in [6.07, 6.45) is 0. The van der Waals surface area contributed by atoms with E-state index in [1.54, 1.807) is 23.5 Å². The van der Waals surface area contributed by atoms with E-state index in [4.69, 9.17) is 4.98 Å². The molecule has 0 atom stereocenters. The van der Waals surface area contributed by atoms with Gasteiger partial charge in [-0.2, -0.15) is 0 Å². The highest BCUT2D eigenvalue weighted by atomic mass is 32.2. The van der Waals surface area contributed by atoms with E-state index in [0.717, 1.165) is 37.5 Å². The lowest BCUT2D eigenvalue weighted by Crippen LogP contribution is -2.16. The molecule has 1 aromatic carbocycles. The van der Waals surface area contributed by atoms with Gasteiger partial charge in [-0.25, -0.2) is 9.97 Å². The molecule has 0 aliphatic carbocycles. The Morgan fingerprint density at radius 2 is 1.83 bits per heavy atom. The van der Waals surface area contributed by atoms with Crippen LogP contribution in [0.3, 0.4) is 0 Å². The van der Waals surface area contributed by atoms with Crippen molar-refractivity contribution in [3.8, 4) is 0 Å². The van der Waals surface area contributed by atoms with Crippen molar-refractivity contribution in [3.63, 3.8) is 0 Å². The first-order valence-electron chi connectivity index (χ1n) is 9.54. The van der Waals surface area contributed by atoms with Crippen LogP contribution < -0.4 is 5.32 Å². The number of rotatable bonds is 8. The molecule has 0 unspecified atom stereocenters. The van der Waals surface area contributed by atoms with Crippen molar-refractivity contribution in [2.75, 3.05) is 11.1 Å². The zero-order valence-electron chi connectivity index (χ0n) is 17.3. The number of H-pyrrole nitrogens is 1. The maximum Gasteiger partial charge on any atom is 0.234 e. The molecule has 2 aromatic heterocycles. The van der Waals surface area contributed by atoms with Gasteiger partial charge in [0.25, 0.3) is 0 Å². The maximum absolute atomic E-state index is 12.7. The van der Waals surface area contributed by atoms with Crippen LogP contribution in [0.1, 0.15) is 33.4 Å². The fraction of sp³-hybridized carbons (Fsp3) is 0.381. The first-order chi connectivity index (χ1) is 13.8. The van der Waals surface area contributed by atoms with Crippen molar-refractivity contribution in [1.29, 1.82) is 0 Å². The van der Waals surface area contributed by atoms with Gasteiger partial charge in [0.1, 0.15) is 5.03 Å². The summed E-state index contributed by atoms with van der Waals surface area (Å²) >= 11 is 4.83. The van der Waals surface area contributed by atoms with Gasteiger partial charge in [0.05, 0.1) is 22.5 Å².